The molecule has 3 heteroatoms. The Morgan fingerprint density at radius 1 is 1.21 bits per heavy atom. The van der Waals surface area contributed by atoms with Crippen LogP contribution in [0.5, 0.6) is 0 Å². The van der Waals surface area contributed by atoms with Crippen molar-refractivity contribution in [3.05, 3.63) is 33.8 Å². The molecule has 1 unspecified atom stereocenters. The van der Waals surface area contributed by atoms with Crippen LogP contribution in [0.1, 0.15) is 45.1 Å². The molecule has 1 atom stereocenters. The molecular formula is C16H25Cl2N. The average molecular weight is 302 g/mol. The van der Waals surface area contributed by atoms with E-state index in [9.17, 15) is 0 Å². The van der Waals surface area contributed by atoms with Gasteiger partial charge in [0.2, 0.25) is 0 Å². The molecule has 0 saturated carbocycles. The second-order valence-electron chi connectivity index (χ2n) is 5.11. The molecule has 0 bridgehead atoms. The summed E-state index contributed by atoms with van der Waals surface area (Å²) in [5.74, 6) is 0.806. The molecule has 1 nitrogen and oxygen atoms in total. The highest BCUT2D eigenvalue weighted by Crippen LogP contribution is 2.21. The summed E-state index contributed by atoms with van der Waals surface area (Å²) < 4.78 is 0. The van der Waals surface area contributed by atoms with E-state index < -0.39 is 0 Å². The van der Waals surface area contributed by atoms with Crippen LogP contribution in [0.3, 0.4) is 0 Å². The zero-order chi connectivity index (χ0) is 14.1. The van der Waals surface area contributed by atoms with Crippen molar-refractivity contribution < 1.29 is 0 Å². The lowest BCUT2D eigenvalue weighted by atomic mass is 9.99. The molecule has 1 rings (SSSR count). The Labute approximate surface area is 127 Å². The first kappa shape index (κ1) is 16.8. The molecule has 1 N–H and O–H groups in total. The van der Waals surface area contributed by atoms with E-state index in [4.69, 9.17) is 23.2 Å². The maximum Gasteiger partial charge on any atom is 0.0453 e. The molecule has 108 valence electrons. The quantitative estimate of drug-likeness (QED) is 0.607. The van der Waals surface area contributed by atoms with Gasteiger partial charge in [-0.1, -0.05) is 62.4 Å². The van der Waals surface area contributed by atoms with E-state index in [0.717, 1.165) is 30.5 Å². The summed E-state index contributed by atoms with van der Waals surface area (Å²) in [6, 6.07) is 5.73. The van der Waals surface area contributed by atoms with Crippen molar-refractivity contribution in [1.29, 1.82) is 0 Å². The lowest BCUT2D eigenvalue weighted by Gasteiger charge is -2.15. The van der Waals surface area contributed by atoms with Crippen molar-refractivity contribution >= 4 is 23.2 Å². The van der Waals surface area contributed by atoms with Crippen LogP contribution >= 0.6 is 23.2 Å². The van der Waals surface area contributed by atoms with E-state index >= 15 is 0 Å². The molecule has 0 radical (unpaired) electrons. The molecule has 0 spiro atoms. The summed E-state index contributed by atoms with van der Waals surface area (Å²) in [5, 5.41) is 5.02. The minimum Gasteiger partial charge on any atom is -0.316 e. The van der Waals surface area contributed by atoms with Crippen molar-refractivity contribution in [1.82, 2.24) is 5.32 Å². The Morgan fingerprint density at radius 2 is 2.00 bits per heavy atom. The second kappa shape index (κ2) is 9.63. The van der Waals surface area contributed by atoms with Crippen LogP contribution in [0.15, 0.2) is 18.2 Å². The molecule has 19 heavy (non-hydrogen) atoms. The van der Waals surface area contributed by atoms with Gasteiger partial charge in [0.05, 0.1) is 0 Å². The number of benzene rings is 1. The van der Waals surface area contributed by atoms with Crippen LogP contribution in [0, 0.1) is 5.92 Å². The molecule has 0 aromatic heterocycles. The highest BCUT2D eigenvalue weighted by molar-refractivity contribution is 6.35. The molecule has 0 fully saturated rings. The third kappa shape index (κ3) is 6.65. The Hall–Kier alpha value is -0.240. The van der Waals surface area contributed by atoms with Gasteiger partial charge in [0.1, 0.15) is 0 Å². The first-order valence-corrected chi connectivity index (χ1v) is 8.07. The minimum absolute atomic E-state index is 0.701. The molecule has 0 amide bonds. The SMILES string of the molecule is CCCCC(CC)CNCCc1ccc(Cl)cc1Cl. The van der Waals surface area contributed by atoms with Crippen molar-refractivity contribution in [2.75, 3.05) is 13.1 Å². The van der Waals surface area contributed by atoms with Gasteiger partial charge >= 0.3 is 0 Å². The number of unbranched alkanes of at least 4 members (excludes halogenated alkanes) is 1. The fourth-order valence-electron chi connectivity index (χ4n) is 2.20. The molecule has 0 heterocycles. The first-order chi connectivity index (χ1) is 9.17. The third-order valence-corrected chi connectivity index (χ3v) is 4.15. The van der Waals surface area contributed by atoms with Crippen LogP contribution < -0.4 is 5.32 Å². The number of hydrogen-bond acceptors (Lipinski definition) is 1. The maximum absolute atomic E-state index is 6.15. The zero-order valence-corrected chi connectivity index (χ0v) is 13.5. The maximum atomic E-state index is 6.15. The van der Waals surface area contributed by atoms with Gasteiger partial charge < -0.3 is 5.32 Å². The molecule has 0 aliphatic carbocycles. The zero-order valence-electron chi connectivity index (χ0n) is 12.0. The van der Waals surface area contributed by atoms with Gasteiger partial charge in [0.25, 0.3) is 0 Å². The molecule has 1 aromatic carbocycles. The van der Waals surface area contributed by atoms with E-state index in [1.165, 1.54) is 31.2 Å². The van der Waals surface area contributed by atoms with E-state index in [1.54, 1.807) is 0 Å². The van der Waals surface area contributed by atoms with Crippen LogP contribution in [0.25, 0.3) is 0 Å². The van der Waals surface area contributed by atoms with Gasteiger partial charge in [-0.15, -0.1) is 0 Å². The van der Waals surface area contributed by atoms with Gasteiger partial charge in [-0.25, -0.2) is 0 Å². The third-order valence-electron chi connectivity index (χ3n) is 3.56. The number of rotatable bonds is 9. The Kier molecular flexibility index (Phi) is 8.52. The number of halogens is 2. The van der Waals surface area contributed by atoms with E-state index in [1.807, 2.05) is 18.2 Å². The van der Waals surface area contributed by atoms with Crippen LogP contribution in [-0.2, 0) is 6.42 Å². The average Bonchev–Trinajstić information content (AvgIpc) is 2.40. The normalized spacial score (nSPS) is 12.6. The van der Waals surface area contributed by atoms with Crippen molar-refractivity contribution in [2.45, 2.75) is 46.0 Å². The van der Waals surface area contributed by atoms with Crippen LogP contribution in [0.2, 0.25) is 10.0 Å². The number of nitrogens with one attached hydrogen (secondary N) is 1. The fourth-order valence-corrected chi connectivity index (χ4v) is 2.70. The van der Waals surface area contributed by atoms with Crippen molar-refractivity contribution in [2.24, 2.45) is 5.92 Å². The summed E-state index contributed by atoms with van der Waals surface area (Å²) in [6.45, 7) is 6.62. The molecule has 1 aromatic rings. The monoisotopic (exact) mass is 301 g/mol. The Morgan fingerprint density at radius 3 is 2.63 bits per heavy atom. The van der Waals surface area contributed by atoms with E-state index in [0.29, 0.717) is 5.02 Å². The summed E-state index contributed by atoms with van der Waals surface area (Å²) >= 11 is 12.0. The van der Waals surface area contributed by atoms with E-state index in [-0.39, 0.29) is 0 Å². The van der Waals surface area contributed by atoms with Crippen LogP contribution in [0.4, 0.5) is 0 Å². The minimum atomic E-state index is 0.701. The molecule has 0 aliphatic rings. The second-order valence-corrected chi connectivity index (χ2v) is 5.95. The fraction of sp³-hybridized carbons (Fsp3) is 0.625. The molecular weight excluding hydrogens is 277 g/mol. The summed E-state index contributed by atoms with van der Waals surface area (Å²) in [4.78, 5) is 0. The highest BCUT2D eigenvalue weighted by atomic mass is 35.5. The standard InChI is InChI=1S/C16H25Cl2N/c1-3-5-6-13(4-2)12-19-10-9-14-7-8-15(17)11-16(14)18/h7-8,11,13,19H,3-6,9-10,12H2,1-2H3. The summed E-state index contributed by atoms with van der Waals surface area (Å²) in [5.41, 5.74) is 1.17. The number of hydrogen-bond donors (Lipinski definition) is 1. The predicted octanol–water partition coefficient (Wildman–Crippen LogP) is 5.34. The van der Waals surface area contributed by atoms with Gasteiger partial charge in [0.15, 0.2) is 0 Å². The van der Waals surface area contributed by atoms with Crippen molar-refractivity contribution in [3.63, 3.8) is 0 Å². The van der Waals surface area contributed by atoms with Gasteiger partial charge in [-0.05, 0) is 49.5 Å². The largest absolute Gasteiger partial charge is 0.316 e. The van der Waals surface area contributed by atoms with Crippen LogP contribution in [-0.4, -0.2) is 13.1 Å². The topological polar surface area (TPSA) is 12.0 Å². The first-order valence-electron chi connectivity index (χ1n) is 7.32. The summed E-state index contributed by atoms with van der Waals surface area (Å²) in [7, 11) is 0. The predicted molar refractivity (Wildman–Crippen MR) is 86.3 cm³/mol. The molecule has 0 saturated heterocycles. The Bertz CT molecular complexity index is 366. The van der Waals surface area contributed by atoms with E-state index in [2.05, 4.69) is 19.2 Å². The smallest absolute Gasteiger partial charge is 0.0453 e. The summed E-state index contributed by atoms with van der Waals surface area (Å²) in [6.07, 6.45) is 6.18. The molecule has 0 aliphatic heterocycles. The highest BCUT2D eigenvalue weighted by Gasteiger charge is 2.05. The Balaban J connectivity index is 2.26. The lowest BCUT2D eigenvalue weighted by Crippen LogP contribution is -2.24. The van der Waals surface area contributed by atoms with Gasteiger partial charge in [-0.3, -0.25) is 0 Å². The van der Waals surface area contributed by atoms with Gasteiger partial charge in [0, 0.05) is 10.0 Å². The van der Waals surface area contributed by atoms with Crippen molar-refractivity contribution in [3.8, 4) is 0 Å². The lowest BCUT2D eigenvalue weighted by molar-refractivity contribution is 0.421. The van der Waals surface area contributed by atoms with Gasteiger partial charge in [-0.2, -0.15) is 0 Å².